The van der Waals surface area contributed by atoms with E-state index in [4.69, 9.17) is 4.74 Å². The van der Waals surface area contributed by atoms with Crippen LogP contribution in [0.5, 0.6) is 5.75 Å². The van der Waals surface area contributed by atoms with Crippen LogP contribution in [0.25, 0.3) is 11.4 Å². The topological polar surface area (TPSA) is 73.1 Å². The number of rotatable bonds is 4. The van der Waals surface area contributed by atoms with Crippen molar-refractivity contribution in [3.8, 4) is 17.1 Å². The number of tetrazole rings is 1. The Labute approximate surface area is 157 Å². The maximum Gasteiger partial charge on any atom is 0.254 e. The molecule has 2 aromatic carbocycles. The molecule has 2 heterocycles. The molecule has 1 fully saturated rings. The number of carbonyl (C=O) groups is 1. The highest BCUT2D eigenvalue weighted by atomic mass is 16.5. The van der Waals surface area contributed by atoms with Crippen molar-refractivity contribution in [3.05, 3.63) is 59.7 Å². The average molecular weight is 363 g/mol. The number of likely N-dealkylation sites (tertiary alicyclic amines) is 1. The molecule has 0 aliphatic carbocycles. The lowest BCUT2D eigenvalue weighted by molar-refractivity contribution is 0.0735. The van der Waals surface area contributed by atoms with E-state index in [9.17, 15) is 4.79 Å². The lowest BCUT2D eigenvalue weighted by Gasteiger charge is -2.25. The lowest BCUT2D eigenvalue weighted by Crippen LogP contribution is -2.30. The van der Waals surface area contributed by atoms with Crippen LogP contribution in [0, 0.1) is 0 Å². The molecular weight excluding hydrogens is 342 g/mol. The molecule has 1 saturated heterocycles. The number of methoxy groups -OCH3 is 1. The zero-order valence-electron chi connectivity index (χ0n) is 15.4. The summed E-state index contributed by atoms with van der Waals surface area (Å²) in [5.41, 5.74) is 2.61. The molecule has 0 saturated carbocycles. The molecule has 1 amide bonds. The van der Waals surface area contributed by atoms with Crippen molar-refractivity contribution in [2.75, 3.05) is 13.7 Å². The zero-order chi connectivity index (χ0) is 18.8. The molecule has 27 heavy (non-hydrogen) atoms. The molecule has 0 N–H and O–H groups in total. The number of amides is 1. The van der Waals surface area contributed by atoms with Gasteiger partial charge in [0.15, 0.2) is 0 Å². The molecule has 1 atom stereocenters. The van der Waals surface area contributed by atoms with Crippen LogP contribution >= 0.6 is 0 Å². The third kappa shape index (κ3) is 3.40. The second-order valence-electron chi connectivity index (χ2n) is 6.61. The number of hydrogen-bond donors (Lipinski definition) is 0. The van der Waals surface area contributed by atoms with Crippen molar-refractivity contribution in [1.82, 2.24) is 25.1 Å². The molecule has 1 aromatic heterocycles. The van der Waals surface area contributed by atoms with E-state index in [0.717, 1.165) is 36.3 Å². The van der Waals surface area contributed by atoms with Crippen LogP contribution in [0.2, 0.25) is 0 Å². The van der Waals surface area contributed by atoms with Gasteiger partial charge in [-0.15, -0.1) is 10.2 Å². The summed E-state index contributed by atoms with van der Waals surface area (Å²) in [5, 5.41) is 12.0. The maximum absolute atomic E-state index is 13.1. The third-order valence-corrected chi connectivity index (χ3v) is 4.89. The zero-order valence-corrected chi connectivity index (χ0v) is 15.4. The van der Waals surface area contributed by atoms with Gasteiger partial charge in [0.1, 0.15) is 5.75 Å². The lowest BCUT2D eigenvalue weighted by atomic mass is 10.0. The molecule has 1 aliphatic rings. The molecule has 0 bridgehead atoms. The van der Waals surface area contributed by atoms with Crippen LogP contribution in [-0.4, -0.2) is 44.7 Å². The van der Waals surface area contributed by atoms with Gasteiger partial charge in [-0.1, -0.05) is 24.3 Å². The Kier molecular flexibility index (Phi) is 4.58. The van der Waals surface area contributed by atoms with Gasteiger partial charge in [-0.25, -0.2) is 0 Å². The number of aromatic nitrogens is 4. The molecule has 1 aliphatic heterocycles. The Morgan fingerprint density at radius 3 is 2.70 bits per heavy atom. The summed E-state index contributed by atoms with van der Waals surface area (Å²) in [7, 11) is 3.38. The van der Waals surface area contributed by atoms with Crippen molar-refractivity contribution >= 4 is 5.91 Å². The minimum atomic E-state index is 0.0407. The van der Waals surface area contributed by atoms with Crippen molar-refractivity contribution in [2.45, 2.75) is 18.9 Å². The van der Waals surface area contributed by atoms with Crippen LogP contribution in [0.4, 0.5) is 0 Å². The first-order chi connectivity index (χ1) is 13.2. The highest BCUT2D eigenvalue weighted by molar-refractivity contribution is 5.95. The van der Waals surface area contributed by atoms with Gasteiger partial charge in [0, 0.05) is 17.7 Å². The molecule has 7 heteroatoms. The minimum absolute atomic E-state index is 0.0407. The van der Waals surface area contributed by atoms with Crippen LogP contribution in [0.3, 0.4) is 0 Å². The number of carbonyl (C=O) groups excluding carboxylic acids is 1. The summed E-state index contributed by atoms with van der Waals surface area (Å²) in [6.45, 7) is 0.758. The van der Waals surface area contributed by atoms with E-state index >= 15 is 0 Å². The molecule has 3 aromatic rings. The first-order valence-corrected chi connectivity index (χ1v) is 8.95. The SMILES string of the molecule is COc1cccc(C2CCCN2C(=O)c2ccc(-c3nnn(C)n3)cc2)c1. The van der Waals surface area contributed by atoms with Crippen molar-refractivity contribution in [3.63, 3.8) is 0 Å². The summed E-state index contributed by atoms with van der Waals surface area (Å²) < 4.78 is 5.33. The number of benzene rings is 2. The first kappa shape index (κ1) is 17.2. The molecule has 7 nitrogen and oxygen atoms in total. The predicted molar refractivity (Wildman–Crippen MR) is 100 cm³/mol. The molecule has 4 rings (SSSR count). The number of hydrogen-bond acceptors (Lipinski definition) is 5. The molecule has 138 valence electrons. The molecule has 1 unspecified atom stereocenters. The Balaban J connectivity index is 1.56. The monoisotopic (exact) mass is 363 g/mol. The summed E-state index contributed by atoms with van der Waals surface area (Å²) in [6.07, 6.45) is 1.95. The second-order valence-corrected chi connectivity index (χ2v) is 6.61. The second kappa shape index (κ2) is 7.19. The van der Waals surface area contributed by atoms with Crippen LogP contribution < -0.4 is 4.74 Å². The number of nitrogens with zero attached hydrogens (tertiary/aromatic N) is 5. The highest BCUT2D eigenvalue weighted by Gasteiger charge is 2.30. The van der Waals surface area contributed by atoms with E-state index in [1.165, 1.54) is 4.80 Å². The van der Waals surface area contributed by atoms with Gasteiger partial charge in [0.05, 0.1) is 20.2 Å². The fourth-order valence-corrected chi connectivity index (χ4v) is 3.53. The third-order valence-electron chi connectivity index (χ3n) is 4.89. The summed E-state index contributed by atoms with van der Waals surface area (Å²) in [6, 6.07) is 15.4. The highest BCUT2D eigenvalue weighted by Crippen LogP contribution is 2.34. The number of ether oxygens (including phenoxy) is 1. The average Bonchev–Trinajstić information content (AvgIpc) is 3.37. The van der Waals surface area contributed by atoms with Gasteiger partial charge in [-0.3, -0.25) is 4.79 Å². The van der Waals surface area contributed by atoms with Gasteiger partial charge >= 0.3 is 0 Å². The van der Waals surface area contributed by atoms with Gasteiger partial charge in [-0.05, 0) is 47.9 Å². The minimum Gasteiger partial charge on any atom is -0.497 e. The van der Waals surface area contributed by atoms with Crippen LogP contribution in [0.15, 0.2) is 48.5 Å². The Bertz CT molecular complexity index is 951. The standard InChI is InChI=1S/C20H21N5O2/c1-24-22-19(21-23-24)14-8-10-15(11-9-14)20(26)25-12-4-7-18(25)16-5-3-6-17(13-16)27-2/h3,5-6,8-11,13,18H,4,7,12H2,1-2H3. The van der Waals surface area contributed by atoms with Gasteiger partial charge in [0.2, 0.25) is 5.82 Å². The summed E-state index contributed by atoms with van der Waals surface area (Å²) in [4.78, 5) is 16.4. The predicted octanol–water partition coefficient (Wildman–Crippen LogP) is 2.86. The largest absolute Gasteiger partial charge is 0.497 e. The number of aryl methyl sites for hydroxylation is 1. The molecule has 0 radical (unpaired) electrons. The molecular formula is C20H21N5O2. The van der Waals surface area contributed by atoms with Crippen molar-refractivity contribution in [1.29, 1.82) is 0 Å². The van der Waals surface area contributed by atoms with E-state index in [0.29, 0.717) is 11.4 Å². The van der Waals surface area contributed by atoms with Crippen molar-refractivity contribution in [2.24, 2.45) is 7.05 Å². The normalized spacial score (nSPS) is 16.5. The quantitative estimate of drug-likeness (QED) is 0.713. The fraction of sp³-hybridized carbons (Fsp3) is 0.300. The van der Waals surface area contributed by atoms with Crippen LogP contribution in [0.1, 0.15) is 34.8 Å². The maximum atomic E-state index is 13.1. The van der Waals surface area contributed by atoms with E-state index in [1.807, 2.05) is 47.4 Å². The van der Waals surface area contributed by atoms with Gasteiger partial charge in [-0.2, -0.15) is 4.80 Å². The van der Waals surface area contributed by atoms with E-state index in [-0.39, 0.29) is 11.9 Å². The Morgan fingerprint density at radius 1 is 1.19 bits per heavy atom. The van der Waals surface area contributed by atoms with Gasteiger partial charge < -0.3 is 9.64 Å². The Hall–Kier alpha value is -3.22. The van der Waals surface area contributed by atoms with Crippen molar-refractivity contribution < 1.29 is 9.53 Å². The van der Waals surface area contributed by atoms with Crippen LogP contribution in [-0.2, 0) is 7.05 Å². The summed E-state index contributed by atoms with van der Waals surface area (Å²) >= 11 is 0. The first-order valence-electron chi connectivity index (χ1n) is 8.95. The summed E-state index contributed by atoms with van der Waals surface area (Å²) in [5.74, 6) is 1.40. The van der Waals surface area contributed by atoms with E-state index in [1.54, 1.807) is 14.2 Å². The van der Waals surface area contributed by atoms with Gasteiger partial charge in [0.25, 0.3) is 5.91 Å². The fourth-order valence-electron chi connectivity index (χ4n) is 3.53. The molecule has 0 spiro atoms. The van der Waals surface area contributed by atoms with E-state index < -0.39 is 0 Å². The Morgan fingerprint density at radius 2 is 2.00 bits per heavy atom. The van der Waals surface area contributed by atoms with E-state index in [2.05, 4.69) is 21.5 Å². The smallest absolute Gasteiger partial charge is 0.254 e.